The molecule has 0 aromatic heterocycles. The Morgan fingerprint density at radius 2 is 1.74 bits per heavy atom. The lowest BCUT2D eigenvalue weighted by molar-refractivity contribution is 0.102. The van der Waals surface area contributed by atoms with Gasteiger partial charge in [0.15, 0.2) is 11.5 Å². The third-order valence-corrected chi connectivity index (χ3v) is 4.74. The van der Waals surface area contributed by atoms with Crippen molar-refractivity contribution in [3.8, 4) is 17.2 Å². The number of methoxy groups -OCH3 is 3. The number of anilines is 1. The molecule has 0 unspecified atom stereocenters. The van der Waals surface area contributed by atoms with E-state index in [9.17, 15) is 4.79 Å². The molecule has 6 heteroatoms. The molecule has 0 radical (unpaired) electrons. The van der Waals surface area contributed by atoms with Crippen LogP contribution in [-0.4, -0.2) is 45.2 Å². The van der Waals surface area contributed by atoms with E-state index in [0.717, 1.165) is 25.3 Å². The molecule has 0 spiro atoms. The maximum atomic E-state index is 12.8. The lowest BCUT2D eigenvalue weighted by Crippen LogP contribution is -2.18. The van der Waals surface area contributed by atoms with E-state index in [1.807, 2.05) is 18.2 Å². The lowest BCUT2D eigenvalue weighted by atomic mass is 10.1. The Hall–Kier alpha value is -2.73. The van der Waals surface area contributed by atoms with Crippen molar-refractivity contribution in [2.75, 3.05) is 39.7 Å². The quantitative estimate of drug-likeness (QED) is 0.808. The summed E-state index contributed by atoms with van der Waals surface area (Å²) in [6, 6.07) is 11.3. The molecular formula is C21H26N2O4. The Labute approximate surface area is 160 Å². The second-order valence-electron chi connectivity index (χ2n) is 6.52. The van der Waals surface area contributed by atoms with Crippen LogP contribution in [0.4, 0.5) is 5.69 Å². The van der Waals surface area contributed by atoms with Gasteiger partial charge in [0.1, 0.15) is 0 Å². The Kier molecular flexibility index (Phi) is 6.19. The third kappa shape index (κ3) is 4.34. The second-order valence-corrected chi connectivity index (χ2v) is 6.52. The highest BCUT2D eigenvalue weighted by atomic mass is 16.5. The molecule has 1 aliphatic heterocycles. The molecule has 27 heavy (non-hydrogen) atoms. The molecule has 1 fully saturated rings. The van der Waals surface area contributed by atoms with Crippen molar-refractivity contribution >= 4 is 11.6 Å². The van der Waals surface area contributed by atoms with E-state index in [0.29, 0.717) is 22.8 Å². The third-order valence-electron chi connectivity index (χ3n) is 4.74. The van der Waals surface area contributed by atoms with Gasteiger partial charge in [-0.3, -0.25) is 9.69 Å². The largest absolute Gasteiger partial charge is 0.493 e. The summed E-state index contributed by atoms with van der Waals surface area (Å²) < 4.78 is 16.0. The fourth-order valence-electron chi connectivity index (χ4n) is 3.42. The number of hydrogen-bond donors (Lipinski definition) is 1. The molecular weight excluding hydrogens is 344 g/mol. The summed E-state index contributed by atoms with van der Waals surface area (Å²) in [7, 11) is 4.57. The minimum atomic E-state index is -0.258. The van der Waals surface area contributed by atoms with Gasteiger partial charge < -0.3 is 19.5 Å². The zero-order valence-corrected chi connectivity index (χ0v) is 16.1. The fraction of sp³-hybridized carbons (Fsp3) is 0.381. The molecule has 2 aromatic carbocycles. The van der Waals surface area contributed by atoms with E-state index in [1.165, 1.54) is 32.6 Å². The molecule has 0 aliphatic carbocycles. The Morgan fingerprint density at radius 3 is 2.41 bits per heavy atom. The van der Waals surface area contributed by atoms with E-state index >= 15 is 0 Å². The molecule has 3 rings (SSSR count). The molecule has 0 atom stereocenters. The predicted octanol–water partition coefficient (Wildman–Crippen LogP) is 3.56. The predicted molar refractivity (Wildman–Crippen MR) is 105 cm³/mol. The van der Waals surface area contributed by atoms with Crippen LogP contribution in [-0.2, 0) is 6.54 Å². The standard InChI is InChI=1S/C21H26N2O4/c1-25-18-10-9-17(19(26-2)20(18)27-3)21(24)22-16-8-6-7-15(13-16)14-23-11-4-5-12-23/h6-10,13H,4-5,11-12,14H2,1-3H3,(H,22,24). The van der Waals surface area contributed by atoms with E-state index in [4.69, 9.17) is 14.2 Å². The molecule has 1 amide bonds. The molecule has 1 saturated heterocycles. The number of nitrogens with zero attached hydrogens (tertiary/aromatic N) is 1. The molecule has 0 saturated carbocycles. The van der Waals surface area contributed by atoms with Crippen LogP contribution in [0.1, 0.15) is 28.8 Å². The second kappa shape index (κ2) is 8.77. The van der Waals surface area contributed by atoms with Crippen LogP contribution >= 0.6 is 0 Å². The zero-order valence-electron chi connectivity index (χ0n) is 16.1. The van der Waals surface area contributed by atoms with Crippen LogP contribution in [0.25, 0.3) is 0 Å². The van der Waals surface area contributed by atoms with E-state index in [-0.39, 0.29) is 5.91 Å². The molecule has 1 aliphatic rings. The van der Waals surface area contributed by atoms with Crippen molar-refractivity contribution in [2.24, 2.45) is 0 Å². The Bertz CT molecular complexity index is 801. The number of amides is 1. The average Bonchev–Trinajstić information content (AvgIpc) is 3.19. The van der Waals surface area contributed by atoms with Gasteiger partial charge in [0.25, 0.3) is 5.91 Å². The number of ether oxygens (including phenoxy) is 3. The average molecular weight is 370 g/mol. The minimum Gasteiger partial charge on any atom is -0.493 e. The van der Waals surface area contributed by atoms with Crippen LogP contribution in [0.3, 0.4) is 0 Å². The first-order valence-corrected chi connectivity index (χ1v) is 9.08. The number of likely N-dealkylation sites (tertiary alicyclic amines) is 1. The molecule has 2 aromatic rings. The number of benzene rings is 2. The van der Waals surface area contributed by atoms with Gasteiger partial charge in [0.05, 0.1) is 26.9 Å². The first-order chi connectivity index (χ1) is 13.2. The van der Waals surface area contributed by atoms with Crippen LogP contribution in [0.15, 0.2) is 36.4 Å². The van der Waals surface area contributed by atoms with Crippen LogP contribution in [0, 0.1) is 0 Å². The normalized spacial score (nSPS) is 14.0. The van der Waals surface area contributed by atoms with E-state index < -0.39 is 0 Å². The summed E-state index contributed by atoms with van der Waals surface area (Å²) in [5.41, 5.74) is 2.34. The fourth-order valence-corrected chi connectivity index (χ4v) is 3.42. The molecule has 6 nitrogen and oxygen atoms in total. The van der Waals surface area contributed by atoms with Crippen LogP contribution in [0.5, 0.6) is 17.2 Å². The maximum absolute atomic E-state index is 12.8. The number of rotatable bonds is 7. The number of carbonyl (C=O) groups excluding carboxylic acids is 1. The molecule has 1 N–H and O–H groups in total. The first kappa shape index (κ1) is 19.0. The summed E-state index contributed by atoms with van der Waals surface area (Å²) in [5.74, 6) is 1.00. The van der Waals surface area contributed by atoms with Crippen LogP contribution < -0.4 is 19.5 Å². The van der Waals surface area contributed by atoms with Crippen molar-refractivity contribution in [1.82, 2.24) is 4.90 Å². The Morgan fingerprint density at radius 1 is 1.00 bits per heavy atom. The van der Waals surface area contributed by atoms with Gasteiger partial charge in [-0.25, -0.2) is 0 Å². The summed E-state index contributed by atoms with van der Waals surface area (Å²) in [6.45, 7) is 3.18. The van der Waals surface area contributed by atoms with Crippen molar-refractivity contribution in [2.45, 2.75) is 19.4 Å². The summed E-state index contributed by atoms with van der Waals surface area (Å²) >= 11 is 0. The lowest BCUT2D eigenvalue weighted by Gasteiger charge is -2.17. The maximum Gasteiger partial charge on any atom is 0.259 e. The molecule has 144 valence electrons. The highest BCUT2D eigenvalue weighted by Gasteiger charge is 2.21. The van der Waals surface area contributed by atoms with Gasteiger partial charge in [-0.2, -0.15) is 0 Å². The molecule has 1 heterocycles. The van der Waals surface area contributed by atoms with Gasteiger partial charge in [-0.05, 0) is 55.8 Å². The topological polar surface area (TPSA) is 60.0 Å². The van der Waals surface area contributed by atoms with Gasteiger partial charge in [-0.15, -0.1) is 0 Å². The van der Waals surface area contributed by atoms with Crippen molar-refractivity contribution in [3.63, 3.8) is 0 Å². The summed E-state index contributed by atoms with van der Waals surface area (Å²) in [5, 5.41) is 2.95. The zero-order chi connectivity index (χ0) is 19.2. The van der Waals surface area contributed by atoms with Crippen molar-refractivity contribution < 1.29 is 19.0 Å². The first-order valence-electron chi connectivity index (χ1n) is 9.08. The van der Waals surface area contributed by atoms with Gasteiger partial charge in [0, 0.05) is 12.2 Å². The van der Waals surface area contributed by atoms with Crippen LogP contribution in [0.2, 0.25) is 0 Å². The molecule has 0 bridgehead atoms. The highest BCUT2D eigenvalue weighted by molar-refractivity contribution is 6.07. The van der Waals surface area contributed by atoms with Crippen molar-refractivity contribution in [1.29, 1.82) is 0 Å². The Balaban J connectivity index is 1.79. The smallest absolute Gasteiger partial charge is 0.259 e. The monoisotopic (exact) mass is 370 g/mol. The SMILES string of the molecule is COc1ccc(C(=O)Nc2cccc(CN3CCCC3)c2)c(OC)c1OC. The minimum absolute atomic E-state index is 0.258. The van der Waals surface area contributed by atoms with Crippen molar-refractivity contribution in [3.05, 3.63) is 47.5 Å². The van der Waals surface area contributed by atoms with Gasteiger partial charge in [-0.1, -0.05) is 12.1 Å². The van der Waals surface area contributed by atoms with Gasteiger partial charge in [0.2, 0.25) is 5.75 Å². The van der Waals surface area contributed by atoms with E-state index in [1.54, 1.807) is 19.2 Å². The van der Waals surface area contributed by atoms with E-state index in [2.05, 4.69) is 16.3 Å². The summed E-state index contributed by atoms with van der Waals surface area (Å²) in [4.78, 5) is 15.2. The van der Waals surface area contributed by atoms with Gasteiger partial charge >= 0.3 is 0 Å². The summed E-state index contributed by atoms with van der Waals surface area (Å²) in [6.07, 6.45) is 2.52. The number of hydrogen-bond acceptors (Lipinski definition) is 5. The highest BCUT2D eigenvalue weighted by Crippen LogP contribution is 2.39. The number of nitrogens with one attached hydrogen (secondary N) is 1. The number of carbonyl (C=O) groups is 1.